The van der Waals surface area contributed by atoms with Crippen LogP contribution < -0.4 is 0 Å². The van der Waals surface area contributed by atoms with Gasteiger partial charge in [-0.1, -0.05) is 13.3 Å². The van der Waals surface area contributed by atoms with Crippen molar-refractivity contribution in [3.63, 3.8) is 0 Å². The first kappa shape index (κ1) is 15.2. The first-order valence-electron chi connectivity index (χ1n) is 6.96. The molecule has 19 heavy (non-hydrogen) atoms. The van der Waals surface area contributed by atoms with Gasteiger partial charge in [-0.2, -0.15) is 0 Å². The Balaban J connectivity index is 2.14. The van der Waals surface area contributed by atoms with Crippen molar-refractivity contribution in [2.75, 3.05) is 6.61 Å². The van der Waals surface area contributed by atoms with Gasteiger partial charge in [-0.05, 0) is 59.5 Å². The molecular weight excluding hydrogens is 324 g/mol. The summed E-state index contributed by atoms with van der Waals surface area (Å²) in [7, 11) is 0. The van der Waals surface area contributed by atoms with Crippen LogP contribution in [0.5, 0.6) is 0 Å². The van der Waals surface area contributed by atoms with E-state index in [0.29, 0.717) is 18.9 Å². The Labute approximate surface area is 127 Å². The van der Waals surface area contributed by atoms with E-state index in [1.54, 1.807) is 11.3 Å². The van der Waals surface area contributed by atoms with Crippen molar-refractivity contribution in [1.29, 1.82) is 0 Å². The molecule has 1 heterocycles. The van der Waals surface area contributed by atoms with E-state index >= 15 is 0 Å². The molecule has 0 bridgehead atoms. The van der Waals surface area contributed by atoms with Crippen LogP contribution in [0.15, 0.2) is 15.9 Å². The Morgan fingerprint density at radius 2 is 2.42 bits per heavy atom. The van der Waals surface area contributed by atoms with Crippen LogP contribution in [0.1, 0.15) is 44.4 Å². The van der Waals surface area contributed by atoms with Gasteiger partial charge in [-0.3, -0.25) is 4.79 Å². The highest BCUT2D eigenvalue weighted by Crippen LogP contribution is 2.37. The molecule has 2 atom stereocenters. The molecule has 0 aromatic carbocycles. The van der Waals surface area contributed by atoms with Crippen LogP contribution in [0.25, 0.3) is 0 Å². The van der Waals surface area contributed by atoms with Crippen LogP contribution >= 0.6 is 27.3 Å². The average molecular weight is 345 g/mol. The zero-order valence-corrected chi connectivity index (χ0v) is 14.0. The van der Waals surface area contributed by atoms with Crippen molar-refractivity contribution in [2.45, 2.75) is 51.6 Å². The lowest BCUT2D eigenvalue weighted by Gasteiger charge is -2.38. The highest BCUT2D eigenvalue weighted by Gasteiger charge is 2.42. The standard InChI is InChI=1S/C15H21BrO2S/c1-3-18-15(7-4-5-11(2)10-15)14(17)9-13-12(16)6-8-19-13/h6,8,11H,3-5,7,9-10H2,1-2H3. The number of ether oxygens (including phenoxy) is 1. The molecule has 1 fully saturated rings. The highest BCUT2D eigenvalue weighted by atomic mass is 79.9. The van der Waals surface area contributed by atoms with E-state index in [1.807, 2.05) is 18.4 Å². The van der Waals surface area contributed by atoms with E-state index in [0.717, 1.165) is 28.6 Å². The average Bonchev–Trinajstić information content (AvgIpc) is 2.75. The van der Waals surface area contributed by atoms with Crippen LogP contribution in [-0.4, -0.2) is 18.0 Å². The molecule has 106 valence electrons. The van der Waals surface area contributed by atoms with Gasteiger partial charge in [0.25, 0.3) is 0 Å². The predicted octanol–water partition coefficient (Wildman–Crippen LogP) is 4.61. The monoisotopic (exact) mass is 344 g/mol. The zero-order valence-electron chi connectivity index (χ0n) is 11.6. The normalized spacial score (nSPS) is 27.4. The van der Waals surface area contributed by atoms with Gasteiger partial charge < -0.3 is 4.74 Å². The van der Waals surface area contributed by atoms with E-state index < -0.39 is 5.60 Å². The van der Waals surface area contributed by atoms with Crippen LogP contribution in [0, 0.1) is 5.92 Å². The molecule has 0 N–H and O–H groups in total. The van der Waals surface area contributed by atoms with Gasteiger partial charge in [0.05, 0.1) is 0 Å². The minimum absolute atomic E-state index is 0.254. The van der Waals surface area contributed by atoms with Crippen molar-refractivity contribution in [2.24, 2.45) is 5.92 Å². The molecule has 4 heteroatoms. The molecule has 1 aliphatic rings. The molecule has 0 spiro atoms. The minimum atomic E-state index is -0.532. The lowest BCUT2D eigenvalue weighted by Crippen LogP contribution is -2.46. The molecular formula is C15H21BrO2S. The molecule has 1 saturated carbocycles. The van der Waals surface area contributed by atoms with Crippen LogP contribution in [0.2, 0.25) is 0 Å². The van der Waals surface area contributed by atoms with E-state index in [9.17, 15) is 4.79 Å². The second-order valence-electron chi connectivity index (χ2n) is 5.42. The van der Waals surface area contributed by atoms with Gasteiger partial charge in [-0.15, -0.1) is 11.3 Å². The quantitative estimate of drug-likeness (QED) is 0.779. The number of thiophene rings is 1. The highest BCUT2D eigenvalue weighted by molar-refractivity contribution is 9.10. The van der Waals surface area contributed by atoms with Crippen LogP contribution in [0.4, 0.5) is 0 Å². The summed E-state index contributed by atoms with van der Waals surface area (Å²) in [6, 6.07) is 2.00. The number of carbonyl (C=O) groups is 1. The Bertz CT molecular complexity index is 439. The van der Waals surface area contributed by atoms with Gasteiger partial charge in [-0.25, -0.2) is 0 Å². The maximum Gasteiger partial charge on any atom is 0.169 e. The third kappa shape index (κ3) is 3.47. The fourth-order valence-electron chi connectivity index (χ4n) is 3.00. The maximum atomic E-state index is 12.7. The SMILES string of the molecule is CCOC1(C(=O)Cc2sccc2Br)CCCC(C)C1. The Morgan fingerprint density at radius 3 is 3.00 bits per heavy atom. The smallest absolute Gasteiger partial charge is 0.169 e. The molecule has 0 aliphatic heterocycles. The molecule has 1 aromatic heterocycles. The van der Waals surface area contributed by atoms with Crippen molar-refractivity contribution in [3.05, 3.63) is 20.8 Å². The first-order valence-corrected chi connectivity index (χ1v) is 8.64. The number of hydrogen-bond donors (Lipinski definition) is 0. The number of hydrogen-bond acceptors (Lipinski definition) is 3. The van der Waals surface area contributed by atoms with Crippen LogP contribution in [-0.2, 0) is 16.0 Å². The molecule has 2 nitrogen and oxygen atoms in total. The molecule has 2 rings (SSSR count). The van der Waals surface area contributed by atoms with E-state index in [1.165, 1.54) is 6.42 Å². The molecule has 0 radical (unpaired) electrons. The lowest BCUT2D eigenvalue weighted by atomic mass is 9.75. The summed E-state index contributed by atoms with van der Waals surface area (Å²) in [6.45, 7) is 4.82. The third-order valence-corrected chi connectivity index (χ3v) is 5.82. The van der Waals surface area contributed by atoms with Crippen molar-refractivity contribution < 1.29 is 9.53 Å². The largest absolute Gasteiger partial charge is 0.367 e. The summed E-state index contributed by atoms with van der Waals surface area (Å²) in [5.74, 6) is 0.833. The van der Waals surface area contributed by atoms with Crippen molar-refractivity contribution >= 4 is 33.0 Å². The Morgan fingerprint density at radius 1 is 1.63 bits per heavy atom. The Kier molecular flexibility index (Phi) is 5.21. The zero-order chi connectivity index (χ0) is 13.9. The number of rotatable bonds is 5. The summed E-state index contributed by atoms with van der Waals surface area (Å²) in [5, 5.41) is 2.02. The number of Topliss-reactive ketones (excluding diaryl/α,β-unsaturated/α-hetero) is 1. The second kappa shape index (κ2) is 6.51. The van der Waals surface area contributed by atoms with Gasteiger partial charge in [0, 0.05) is 22.4 Å². The van der Waals surface area contributed by atoms with Gasteiger partial charge in [0.1, 0.15) is 5.60 Å². The van der Waals surface area contributed by atoms with Crippen molar-refractivity contribution in [1.82, 2.24) is 0 Å². The molecule has 0 amide bonds. The van der Waals surface area contributed by atoms with Gasteiger partial charge in [0.15, 0.2) is 5.78 Å². The number of carbonyl (C=O) groups excluding carboxylic acids is 1. The van der Waals surface area contributed by atoms with Gasteiger partial charge >= 0.3 is 0 Å². The van der Waals surface area contributed by atoms with E-state index in [-0.39, 0.29) is 5.78 Å². The topological polar surface area (TPSA) is 26.3 Å². The lowest BCUT2D eigenvalue weighted by molar-refractivity contribution is -0.150. The minimum Gasteiger partial charge on any atom is -0.367 e. The van der Waals surface area contributed by atoms with Crippen molar-refractivity contribution in [3.8, 4) is 0 Å². The van der Waals surface area contributed by atoms with E-state index in [2.05, 4.69) is 22.9 Å². The fraction of sp³-hybridized carbons (Fsp3) is 0.667. The summed E-state index contributed by atoms with van der Waals surface area (Å²) in [4.78, 5) is 13.8. The van der Waals surface area contributed by atoms with Crippen LogP contribution in [0.3, 0.4) is 0 Å². The maximum absolute atomic E-state index is 12.7. The molecule has 2 unspecified atom stereocenters. The summed E-state index contributed by atoms with van der Waals surface area (Å²) in [5.41, 5.74) is -0.532. The molecule has 0 saturated heterocycles. The first-order chi connectivity index (χ1) is 9.07. The summed E-state index contributed by atoms with van der Waals surface area (Å²) >= 11 is 5.14. The molecule has 1 aromatic rings. The Hall–Kier alpha value is -0.190. The number of halogens is 1. The number of ketones is 1. The van der Waals surface area contributed by atoms with Gasteiger partial charge in [0.2, 0.25) is 0 Å². The summed E-state index contributed by atoms with van der Waals surface area (Å²) in [6.07, 6.45) is 4.56. The molecule has 1 aliphatic carbocycles. The summed E-state index contributed by atoms with van der Waals surface area (Å²) < 4.78 is 6.97. The predicted molar refractivity (Wildman–Crippen MR) is 82.7 cm³/mol. The third-order valence-electron chi connectivity index (χ3n) is 3.90. The fourth-order valence-corrected chi connectivity index (χ4v) is 4.49. The second-order valence-corrected chi connectivity index (χ2v) is 7.28. The van der Waals surface area contributed by atoms with E-state index in [4.69, 9.17) is 4.74 Å².